The molecule has 0 aliphatic rings. The van der Waals surface area contributed by atoms with E-state index in [0.29, 0.717) is 19.4 Å². The van der Waals surface area contributed by atoms with Crippen LogP contribution in [0.4, 0.5) is 0 Å². The molecule has 0 aromatic rings. The molecule has 5 nitrogen and oxygen atoms in total. The highest BCUT2D eigenvalue weighted by atomic mass is 16.6. The van der Waals surface area contributed by atoms with Gasteiger partial charge in [-0.1, -0.05) is 197 Å². The maximum absolute atomic E-state index is 12.5. The number of rotatable bonds is 41. The first-order valence-electron chi connectivity index (χ1n) is 22.8. The first kappa shape index (κ1) is 51.6. The van der Waals surface area contributed by atoms with Gasteiger partial charge in [-0.05, 0) is 64.2 Å². The minimum Gasteiger partial charge on any atom is -0.462 e. The van der Waals surface area contributed by atoms with E-state index in [9.17, 15) is 9.59 Å². The van der Waals surface area contributed by atoms with Crippen LogP contribution in [0.25, 0.3) is 0 Å². The summed E-state index contributed by atoms with van der Waals surface area (Å²) in [5, 5.41) is 0. The normalized spacial score (nSPS) is 12.7. The van der Waals surface area contributed by atoms with E-state index in [-0.39, 0.29) is 25.2 Å². The fourth-order valence-corrected chi connectivity index (χ4v) is 6.18. The largest absolute Gasteiger partial charge is 0.462 e. The van der Waals surface area contributed by atoms with E-state index in [1.54, 1.807) is 0 Å². The third-order valence-electron chi connectivity index (χ3n) is 9.57. The number of carbonyl (C=O) groups is 2. The summed E-state index contributed by atoms with van der Waals surface area (Å²) in [5.41, 5.74) is 0. The van der Waals surface area contributed by atoms with Gasteiger partial charge in [-0.3, -0.25) is 9.59 Å². The van der Waals surface area contributed by atoms with Crippen LogP contribution in [-0.4, -0.2) is 37.9 Å². The minimum absolute atomic E-state index is 0.0686. The van der Waals surface area contributed by atoms with Gasteiger partial charge in [0.15, 0.2) is 6.10 Å². The predicted molar refractivity (Wildman–Crippen MR) is 233 cm³/mol. The van der Waals surface area contributed by atoms with Crippen molar-refractivity contribution in [3.05, 3.63) is 60.8 Å². The number of hydrogen-bond acceptors (Lipinski definition) is 5. The highest BCUT2D eigenvalue weighted by Gasteiger charge is 2.17. The first-order chi connectivity index (χ1) is 26.6. The lowest BCUT2D eigenvalue weighted by molar-refractivity contribution is -0.163. The van der Waals surface area contributed by atoms with E-state index in [4.69, 9.17) is 14.2 Å². The van der Waals surface area contributed by atoms with Gasteiger partial charge in [0.25, 0.3) is 0 Å². The summed E-state index contributed by atoms with van der Waals surface area (Å²) < 4.78 is 17.2. The Morgan fingerprint density at radius 2 is 0.833 bits per heavy atom. The summed E-state index contributed by atoms with van der Waals surface area (Å²) in [6.07, 6.45) is 55.3. The average Bonchev–Trinajstić information content (AvgIpc) is 3.17. The van der Waals surface area contributed by atoms with Crippen molar-refractivity contribution in [1.29, 1.82) is 0 Å². The number of ether oxygens (including phenoxy) is 3. The van der Waals surface area contributed by atoms with Crippen LogP contribution in [0, 0.1) is 0 Å². The average molecular weight is 755 g/mol. The fraction of sp³-hybridized carbons (Fsp3) is 0.755. The van der Waals surface area contributed by atoms with E-state index in [0.717, 1.165) is 89.9 Å². The van der Waals surface area contributed by atoms with Crippen molar-refractivity contribution in [2.24, 2.45) is 0 Å². The molecule has 0 radical (unpaired) electrons. The molecule has 0 N–H and O–H groups in total. The lowest BCUT2D eigenvalue weighted by Gasteiger charge is -2.18. The van der Waals surface area contributed by atoms with Crippen LogP contribution in [0.2, 0.25) is 0 Å². The Kier molecular flexibility index (Phi) is 43.0. The molecule has 0 aromatic carbocycles. The lowest BCUT2D eigenvalue weighted by Crippen LogP contribution is -2.30. The van der Waals surface area contributed by atoms with Crippen LogP contribution in [0.1, 0.15) is 213 Å². The zero-order valence-electron chi connectivity index (χ0n) is 35.7. The molecule has 1 atom stereocenters. The molecule has 0 spiro atoms. The third kappa shape index (κ3) is 42.3. The fourth-order valence-electron chi connectivity index (χ4n) is 6.18. The Morgan fingerprint density at radius 3 is 1.33 bits per heavy atom. The molecule has 0 saturated carbocycles. The molecule has 0 bridgehead atoms. The summed E-state index contributed by atoms with van der Waals surface area (Å²) in [4.78, 5) is 25.0. The highest BCUT2D eigenvalue weighted by Crippen LogP contribution is 2.14. The number of allylic oxidation sites excluding steroid dienone is 10. The quantitative estimate of drug-likeness (QED) is 0.0353. The summed E-state index contributed by atoms with van der Waals surface area (Å²) in [7, 11) is 0. The molecule has 0 amide bonds. The lowest BCUT2D eigenvalue weighted by atomic mass is 10.0. The number of esters is 2. The molecule has 0 heterocycles. The van der Waals surface area contributed by atoms with E-state index in [1.165, 1.54) is 89.9 Å². The molecule has 0 rings (SSSR count). The van der Waals surface area contributed by atoms with Crippen molar-refractivity contribution in [3.63, 3.8) is 0 Å². The number of unbranched alkanes of at least 4 members (excludes halogenated alkanes) is 20. The Bertz CT molecular complexity index is 946. The summed E-state index contributed by atoms with van der Waals surface area (Å²) in [5.74, 6) is -0.444. The summed E-state index contributed by atoms with van der Waals surface area (Å²) in [6.45, 7) is 7.62. The molecule has 1 unspecified atom stereocenters. The molecule has 0 fully saturated rings. The van der Waals surface area contributed by atoms with Crippen molar-refractivity contribution >= 4 is 11.9 Å². The topological polar surface area (TPSA) is 61.8 Å². The Balaban J connectivity index is 4.12. The van der Waals surface area contributed by atoms with Crippen molar-refractivity contribution < 1.29 is 23.8 Å². The molecule has 54 heavy (non-hydrogen) atoms. The van der Waals surface area contributed by atoms with Crippen LogP contribution in [0.3, 0.4) is 0 Å². The van der Waals surface area contributed by atoms with Crippen molar-refractivity contribution in [2.75, 3.05) is 19.8 Å². The maximum atomic E-state index is 12.5. The second-order valence-corrected chi connectivity index (χ2v) is 14.9. The van der Waals surface area contributed by atoms with E-state index >= 15 is 0 Å². The Hall–Kier alpha value is -2.40. The smallest absolute Gasteiger partial charge is 0.306 e. The molecule has 0 saturated heterocycles. The van der Waals surface area contributed by atoms with E-state index in [2.05, 4.69) is 81.5 Å². The van der Waals surface area contributed by atoms with Crippen molar-refractivity contribution in [2.45, 2.75) is 219 Å². The first-order valence-corrected chi connectivity index (χ1v) is 22.8. The minimum atomic E-state index is -0.543. The van der Waals surface area contributed by atoms with Crippen LogP contribution < -0.4 is 0 Å². The van der Waals surface area contributed by atoms with Gasteiger partial charge in [0.1, 0.15) is 6.61 Å². The Labute approximate surface area is 334 Å². The third-order valence-corrected chi connectivity index (χ3v) is 9.57. The van der Waals surface area contributed by atoms with Crippen LogP contribution >= 0.6 is 0 Å². The van der Waals surface area contributed by atoms with Crippen LogP contribution in [0.5, 0.6) is 0 Å². The van der Waals surface area contributed by atoms with Crippen LogP contribution in [-0.2, 0) is 23.8 Å². The van der Waals surface area contributed by atoms with Gasteiger partial charge in [-0.15, -0.1) is 0 Å². The van der Waals surface area contributed by atoms with Crippen molar-refractivity contribution in [1.82, 2.24) is 0 Å². The molecule has 312 valence electrons. The molecular formula is C49H86O5. The summed E-state index contributed by atoms with van der Waals surface area (Å²) in [6, 6.07) is 0. The standard InChI is InChI=1S/C49H86O5/c1-4-7-10-13-15-17-19-21-23-24-25-26-27-28-30-32-34-37-39-42-48(50)53-46-47(54-49(51)43-40-36-12-9-6-3)45-52-44-41-38-35-33-31-29-22-20-18-16-14-11-8-5-2/h7,10,15,17,21,23,25-26,28,30,47H,4-6,8-9,11-14,16,18-20,22,24,27,29,31-46H2,1-3H3/b10-7-,17-15-,23-21-,26-25-,30-28-. The Morgan fingerprint density at radius 1 is 0.426 bits per heavy atom. The van der Waals surface area contributed by atoms with Gasteiger partial charge in [-0.2, -0.15) is 0 Å². The van der Waals surface area contributed by atoms with E-state index < -0.39 is 6.10 Å². The SMILES string of the molecule is CC/C=C\C/C=C\C/C=C\C/C=C\C/C=C\CCCCCC(=O)OCC(COCCCCCCCCCCCCCCCC)OC(=O)CCCCCCC. The second kappa shape index (κ2) is 45.0. The molecular weight excluding hydrogens is 669 g/mol. The summed E-state index contributed by atoms with van der Waals surface area (Å²) >= 11 is 0. The number of carbonyl (C=O) groups excluding carboxylic acids is 2. The van der Waals surface area contributed by atoms with Crippen molar-refractivity contribution in [3.8, 4) is 0 Å². The highest BCUT2D eigenvalue weighted by molar-refractivity contribution is 5.70. The van der Waals surface area contributed by atoms with Gasteiger partial charge in [0.05, 0.1) is 6.61 Å². The van der Waals surface area contributed by atoms with Gasteiger partial charge < -0.3 is 14.2 Å². The zero-order chi connectivity index (χ0) is 39.3. The second-order valence-electron chi connectivity index (χ2n) is 14.9. The number of hydrogen-bond donors (Lipinski definition) is 0. The molecule has 0 aliphatic heterocycles. The van der Waals surface area contributed by atoms with E-state index in [1.807, 2.05) is 0 Å². The van der Waals surface area contributed by atoms with Crippen LogP contribution in [0.15, 0.2) is 60.8 Å². The van der Waals surface area contributed by atoms with Gasteiger partial charge in [0, 0.05) is 19.4 Å². The predicted octanol–water partition coefficient (Wildman–Crippen LogP) is 15.0. The van der Waals surface area contributed by atoms with Gasteiger partial charge >= 0.3 is 11.9 Å². The molecule has 0 aliphatic carbocycles. The molecule has 5 heteroatoms. The maximum Gasteiger partial charge on any atom is 0.306 e. The monoisotopic (exact) mass is 755 g/mol. The van der Waals surface area contributed by atoms with Gasteiger partial charge in [0.2, 0.25) is 0 Å². The molecule has 0 aromatic heterocycles. The zero-order valence-corrected chi connectivity index (χ0v) is 35.7. The van der Waals surface area contributed by atoms with Gasteiger partial charge in [-0.25, -0.2) is 0 Å².